The average Bonchev–Trinajstić information content (AvgIpc) is 3.06. The van der Waals surface area contributed by atoms with E-state index < -0.39 is 5.91 Å². The second kappa shape index (κ2) is 7.53. The van der Waals surface area contributed by atoms with Crippen molar-refractivity contribution in [1.82, 2.24) is 9.71 Å². The molecule has 0 atom stereocenters. The summed E-state index contributed by atoms with van der Waals surface area (Å²) in [6.45, 7) is 0. The molecule has 0 fully saturated rings. The van der Waals surface area contributed by atoms with Crippen LogP contribution in [-0.2, 0) is 4.79 Å². The van der Waals surface area contributed by atoms with Gasteiger partial charge in [-0.1, -0.05) is 12.1 Å². The Hall–Kier alpha value is -4.04. The molecule has 0 bridgehead atoms. The molecule has 8 heteroatoms. The van der Waals surface area contributed by atoms with Gasteiger partial charge in [-0.2, -0.15) is 4.73 Å². The van der Waals surface area contributed by atoms with Gasteiger partial charge in [0.05, 0.1) is 5.71 Å². The van der Waals surface area contributed by atoms with Crippen molar-refractivity contribution in [3.05, 3.63) is 89.1 Å². The Kier molecular flexibility index (Phi) is 4.76. The highest BCUT2D eigenvalue weighted by Crippen LogP contribution is 2.09. The van der Waals surface area contributed by atoms with Crippen molar-refractivity contribution in [2.75, 3.05) is 5.06 Å². The van der Waals surface area contributed by atoms with Crippen LogP contribution < -0.4 is 15.9 Å². The van der Waals surface area contributed by atoms with Crippen LogP contribution in [0.1, 0.15) is 5.56 Å². The van der Waals surface area contributed by atoms with E-state index in [2.05, 4.69) is 9.98 Å². The summed E-state index contributed by atoms with van der Waals surface area (Å²) in [4.78, 5) is 20.2. The molecule has 0 unspecified atom stereocenters. The van der Waals surface area contributed by atoms with Crippen LogP contribution in [0.5, 0.6) is 0 Å². The minimum absolute atomic E-state index is 0.208. The number of rotatable bonds is 2. The Morgan fingerprint density at radius 3 is 2.52 bits per heavy atom. The highest BCUT2D eigenvalue weighted by atomic mass is 19.1. The zero-order valence-corrected chi connectivity index (χ0v) is 15.0. The van der Waals surface area contributed by atoms with Crippen LogP contribution in [0.25, 0.3) is 17.7 Å². The maximum atomic E-state index is 12.9. The van der Waals surface area contributed by atoms with Gasteiger partial charge in [-0.05, 0) is 60.2 Å². The standard InChI is InChI=1S/C21H15FN4O3/c22-16-8-3-14(4-9-16)5-12-19(27)23-17-10-6-15(7-11-17)20-24-21-18(26(20)29)2-1-13-25(21)28/h1-13,28-29H/b12-5+,20-15?,23-17?. The van der Waals surface area contributed by atoms with Crippen LogP contribution in [0, 0.1) is 5.82 Å². The van der Waals surface area contributed by atoms with Gasteiger partial charge in [-0.3, -0.25) is 10.0 Å². The number of hydroxylamine groups is 1. The first kappa shape index (κ1) is 18.3. The number of fused-ring (bicyclic) bond motifs is 1. The first-order valence-corrected chi connectivity index (χ1v) is 8.63. The second-order valence-corrected chi connectivity index (χ2v) is 6.19. The lowest BCUT2D eigenvalue weighted by Gasteiger charge is -2.09. The minimum atomic E-state index is -0.460. The summed E-state index contributed by atoms with van der Waals surface area (Å²) >= 11 is 0. The Morgan fingerprint density at radius 2 is 1.83 bits per heavy atom. The zero-order valence-electron chi connectivity index (χ0n) is 15.0. The van der Waals surface area contributed by atoms with Crippen LogP contribution in [0.4, 0.5) is 10.2 Å². The molecule has 2 aromatic rings. The van der Waals surface area contributed by atoms with Crippen LogP contribution in [-0.4, -0.2) is 31.7 Å². The van der Waals surface area contributed by atoms with Crippen LogP contribution in [0.3, 0.4) is 0 Å². The van der Waals surface area contributed by atoms with Crippen molar-refractivity contribution in [2.24, 2.45) is 4.99 Å². The van der Waals surface area contributed by atoms with E-state index in [1.54, 1.807) is 54.7 Å². The van der Waals surface area contributed by atoms with Gasteiger partial charge in [0.1, 0.15) is 11.2 Å². The van der Waals surface area contributed by atoms with Crippen molar-refractivity contribution in [3.8, 4) is 0 Å². The lowest BCUT2D eigenvalue weighted by Crippen LogP contribution is -2.29. The molecule has 7 nitrogen and oxygen atoms in total. The average molecular weight is 390 g/mol. The summed E-state index contributed by atoms with van der Waals surface area (Å²) in [7, 11) is 0. The van der Waals surface area contributed by atoms with Crippen LogP contribution in [0.15, 0.2) is 71.9 Å². The molecule has 1 amide bonds. The fourth-order valence-corrected chi connectivity index (χ4v) is 2.79. The summed E-state index contributed by atoms with van der Waals surface area (Å²) in [5, 5.41) is 21.3. The third kappa shape index (κ3) is 3.83. The predicted octanol–water partition coefficient (Wildman–Crippen LogP) is 1.72. The smallest absolute Gasteiger partial charge is 0.270 e. The van der Waals surface area contributed by atoms with Crippen molar-refractivity contribution < 1.29 is 19.6 Å². The van der Waals surface area contributed by atoms with E-state index in [-0.39, 0.29) is 17.1 Å². The number of carbonyl (C=O) groups is 1. The Morgan fingerprint density at radius 1 is 1.10 bits per heavy atom. The molecule has 2 N–H and O–H groups in total. The first-order chi connectivity index (χ1) is 14.0. The Labute approximate surface area is 164 Å². The van der Waals surface area contributed by atoms with Crippen LogP contribution >= 0.6 is 0 Å². The van der Waals surface area contributed by atoms with Crippen molar-refractivity contribution >= 4 is 35.2 Å². The summed E-state index contributed by atoms with van der Waals surface area (Å²) in [5.41, 5.74) is 1.94. The molecular formula is C21H15FN4O3. The number of carbonyl (C=O) groups excluding carboxylic acids is 1. The summed E-state index contributed by atoms with van der Waals surface area (Å²) in [6, 6.07) is 5.75. The normalized spacial score (nSPS) is 15.0. The second-order valence-electron chi connectivity index (χ2n) is 6.19. The SMILES string of the molecule is O=C(/C=C/c1ccc(F)cc1)N=C1C=CC(=c2nc3c(n2O)=CC=CN3O)C=C1. The summed E-state index contributed by atoms with van der Waals surface area (Å²) in [5.74, 6) is -0.596. The van der Waals surface area contributed by atoms with E-state index in [9.17, 15) is 19.6 Å². The number of nitrogens with zero attached hydrogens (tertiary/aromatic N) is 4. The molecule has 144 valence electrons. The molecule has 1 aliphatic heterocycles. The number of amides is 1. The molecule has 29 heavy (non-hydrogen) atoms. The zero-order chi connectivity index (χ0) is 20.4. The molecule has 0 saturated heterocycles. The molecule has 1 aromatic carbocycles. The van der Waals surface area contributed by atoms with Gasteiger partial charge in [-0.25, -0.2) is 19.4 Å². The van der Waals surface area contributed by atoms with Gasteiger partial charge in [0.2, 0.25) is 0 Å². The highest BCUT2D eigenvalue weighted by molar-refractivity contribution is 6.14. The van der Waals surface area contributed by atoms with E-state index in [0.29, 0.717) is 22.2 Å². The van der Waals surface area contributed by atoms with Gasteiger partial charge in [0, 0.05) is 17.8 Å². The highest BCUT2D eigenvalue weighted by Gasteiger charge is 2.15. The molecule has 0 saturated carbocycles. The third-order valence-electron chi connectivity index (χ3n) is 4.22. The van der Waals surface area contributed by atoms with Gasteiger partial charge >= 0.3 is 0 Å². The lowest BCUT2D eigenvalue weighted by molar-refractivity contribution is -0.113. The van der Waals surface area contributed by atoms with E-state index in [1.807, 2.05) is 0 Å². The van der Waals surface area contributed by atoms with Crippen molar-refractivity contribution in [3.63, 3.8) is 0 Å². The van der Waals surface area contributed by atoms with Crippen molar-refractivity contribution in [1.29, 1.82) is 0 Å². The maximum absolute atomic E-state index is 12.9. The monoisotopic (exact) mass is 390 g/mol. The number of allylic oxidation sites excluding steroid dienone is 5. The number of imidazole rings is 1. The molecule has 0 spiro atoms. The van der Waals surface area contributed by atoms with E-state index in [0.717, 1.165) is 9.79 Å². The largest absolute Gasteiger partial charge is 0.426 e. The molecule has 2 aliphatic rings. The number of aliphatic imine (C=N–C) groups is 1. The number of halogens is 1. The molecule has 1 aromatic heterocycles. The lowest BCUT2D eigenvalue weighted by atomic mass is 10.1. The molecule has 2 heterocycles. The van der Waals surface area contributed by atoms with Gasteiger partial charge in [0.25, 0.3) is 5.91 Å². The van der Waals surface area contributed by atoms with E-state index in [1.165, 1.54) is 24.4 Å². The van der Waals surface area contributed by atoms with E-state index in [4.69, 9.17) is 0 Å². The first-order valence-electron chi connectivity index (χ1n) is 8.63. The Balaban J connectivity index is 1.55. The fraction of sp³-hybridized carbons (Fsp3) is 0. The maximum Gasteiger partial charge on any atom is 0.270 e. The fourth-order valence-electron chi connectivity index (χ4n) is 2.79. The Bertz CT molecular complexity index is 1230. The number of hydrogen-bond acceptors (Lipinski definition) is 5. The van der Waals surface area contributed by atoms with Gasteiger partial charge < -0.3 is 5.21 Å². The summed E-state index contributed by atoms with van der Waals surface area (Å²) < 4.78 is 13.8. The van der Waals surface area contributed by atoms with Crippen molar-refractivity contribution in [2.45, 2.75) is 0 Å². The molecule has 0 radical (unpaired) electrons. The predicted molar refractivity (Wildman–Crippen MR) is 106 cm³/mol. The summed E-state index contributed by atoms with van der Waals surface area (Å²) in [6.07, 6.45) is 14.0. The quantitative estimate of drug-likeness (QED) is 0.602. The number of aromatic nitrogens is 2. The number of hydrogen-bond donors (Lipinski definition) is 2. The molecule has 4 rings (SSSR count). The topological polar surface area (TPSA) is 91.0 Å². The van der Waals surface area contributed by atoms with E-state index >= 15 is 0 Å². The third-order valence-corrected chi connectivity index (χ3v) is 4.22. The molecule has 1 aliphatic carbocycles. The number of anilines is 1. The number of benzene rings is 1. The van der Waals surface area contributed by atoms with Gasteiger partial charge in [-0.15, -0.1) is 0 Å². The minimum Gasteiger partial charge on any atom is -0.426 e. The molecular weight excluding hydrogens is 375 g/mol. The van der Waals surface area contributed by atoms with Gasteiger partial charge in [0.15, 0.2) is 11.3 Å². The van der Waals surface area contributed by atoms with Crippen LogP contribution in [0.2, 0.25) is 0 Å².